The Hall–Kier alpha value is -1.30. The third-order valence-corrected chi connectivity index (χ3v) is 1.75. The van der Waals surface area contributed by atoms with Gasteiger partial charge in [0.05, 0.1) is 10.6 Å². The number of nitrogen functional groups attached to an aromatic ring is 1. The number of carbonyl (C=O) groups excluding carboxylic acids is 1. The molecule has 1 aromatic rings. The van der Waals surface area contributed by atoms with Crippen LogP contribution >= 0.6 is 11.6 Å². The zero-order chi connectivity index (χ0) is 11.6. The van der Waals surface area contributed by atoms with Gasteiger partial charge in [-0.25, -0.2) is 4.98 Å². The number of pyridine rings is 1. The van der Waals surface area contributed by atoms with Crippen LogP contribution in [0, 0.1) is 0 Å². The fourth-order valence-corrected chi connectivity index (χ4v) is 1.11. The minimum atomic E-state index is -4.56. The molecule has 1 aromatic heterocycles. The van der Waals surface area contributed by atoms with E-state index in [4.69, 9.17) is 17.3 Å². The van der Waals surface area contributed by atoms with Gasteiger partial charge in [0, 0.05) is 6.20 Å². The van der Waals surface area contributed by atoms with Crippen LogP contribution in [-0.2, 0) is 0 Å². The van der Waals surface area contributed by atoms with Crippen LogP contribution in [0.25, 0.3) is 0 Å². The maximum atomic E-state index is 11.9. The first-order valence-corrected chi connectivity index (χ1v) is 4.18. The number of ketones is 1. The van der Waals surface area contributed by atoms with Crippen LogP contribution in [0.2, 0.25) is 5.02 Å². The minimum Gasteiger partial charge on any atom is -0.383 e. The van der Waals surface area contributed by atoms with Crippen LogP contribution < -0.4 is 5.73 Å². The van der Waals surface area contributed by atoms with Crippen LogP contribution in [0.3, 0.4) is 0 Å². The maximum absolute atomic E-state index is 11.9. The highest BCUT2D eigenvalue weighted by Crippen LogP contribution is 2.24. The Bertz CT molecular complexity index is 392. The highest BCUT2D eigenvalue weighted by molar-refractivity contribution is 6.31. The quantitative estimate of drug-likeness (QED) is 0.805. The van der Waals surface area contributed by atoms with Crippen LogP contribution in [0.4, 0.5) is 19.0 Å². The summed E-state index contributed by atoms with van der Waals surface area (Å²) in [6, 6.07) is 1.07. The van der Waals surface area contributed by atoms with Crippen molar-refractivity contribution in [2.45, 2.75) is 12.6 Å². The number of halogens is 4. The third kappa shape index (κ3) is 3.39. The molecular weight excluding hydrogens is 233 g/mol. The molecule has 0 aliphatic heterocycles. The van der Waals surface area contributed by atoms with Crippen molar-refractivity contribution in [3.05, 3.63) is 22.8 Å². The van der Waals surface area contributed by atoms with Gasteiger partial charge in [-0.1, -0.05) is 11.6 Å². The smallest absolute Gasteiger partial charge is 0.383 e. The summed E-state index contributed by atoms with van der Waals surface area (Å²) in [5.74, 6) is -1.40. The van der Waals surface area contributed by atoms with Gasteiger partial charge < -0.3 is 5.73 Å². The molecule has 0 aromatic carbocycles. The third-order valence-electron chi connectivity index (χ3n) is 1.55. The molecule has 3 nitrogen and oxygen atoms in total. The first-order chi connectivity index (χ1) is 6.79. The molecule has 0 radical (unpaired) electrons. The fourth-order valence-electron chi connectivity index (χ4n) is 0.950. The van der Waals surface area contributed by atoms with E-state index in [-0.39, 0.29) is 16.4 Å². The summed E-state index contributed by atoms with van der Waals surface area (Å²) in [5.41, 5.74) is 4.95. The van der Waals surface area contributed by atoms with Crippen molar-refractivity contribution in [1.82, 2.24) is 4.98 Å². The lowest BCUT2D eigenvalue weighted by Gasteiger charge is -2.06. The standard InChI is InChI=1S/C8H6ClF3N2O/c9-4-1-5(7(13)14-3-4)6(15)2-8(10,11)12/h1,3H,2H2,(H2,13,14). The second-order valence-electron chi connectivity index (χ2n) is 2.80. The fraction of sp³-hybridized carbons (Fsp3) is 0.250. The van der Waals surface area contributed by atoms with Gasteiger partial charge in [0.15, 0.2) is 5.78 Å². The van der Waals surface area contributed by atoms with Gasteiger partial charge in [-0.15, -0.1) is 0 Å². The largest absolute Gasteiger partial charge is 0.396 e. The number of hydrogen-bond acceptors (Lipinski definition) is 3. The lowest BCUT2D eigenvalue weighted by Crippen LogP contribution is -2.16. The van der Waals surface area contributed by atoms with Crippen LogP contribution in [0.1, 0.15) is 16.8 Å². The van der Waals surface area contributed by atoms with Gasteiger partial charge in [0.1, 0.15) is 12.2 Å². The molecule has 0 unspecified atom stereocenters. The summed E-state index contributed by atoms with van der Waals surface area (Å²) < 4.78 is 35.7. The molecule has 0 spiro atoms. The van der Waals surface area contributed by atoms with E-state index >= 15 is 0 Å². The van der Waals surface area contributed by atoms with E-state index in [9.17, 15) is 18.0 Å². The van der Waals surface area contributed by atoms with E-state index in [0.29, 0.717) is 0 Å². The van der Waals surface area contributed by atoms with Gasteiger partial charge >= 0.3 is 6.18 Å². The predicted octanol–water partition coefficient (Wildman–Crippen LogP) is 2.45. The molecule has 0 bridgehead atoms. The summed E-state index contributed by atoms with van der Waals surface area (Å²) >= 11 is 5.48. The molecule has 0 aliphatic rings. The first kappa shape index (κ1) is 11.8. The van der Waals surface area contributed by atoms with Gasteiger partial charge in [0.25, 0.3) is 0 Å². The van der Waals surface area contributed by atoms with Crippen LogP contribution in [-0.4, -0.2) is 16.9 Å². The van der Waals surface area contributed by atoms with Crippen molar-refractivity contribution < 1.29 is 18.0 Å². The van der Waals surface area contributed by atoms with Gasteiger partial charge in [-0.3, -0.25) is 4.79 Å². The number of anilines is 1. The van der Waals surface area contributed by atoms with Crippen molar-refractivity contribution in [1.29, 1.82) is 0 Å². The van der Waals surface area contributed by atoms with Crippen LogP contribution in [0.15, 0.2) is 12.3 Å². The number of alkyl halides is 3. The summed E-state index contributed by atoms with van der Waals surface area (Å²) in [6.07, 6.45) is -4.98. The molecule has 7 heteroatoms. The van der Waals surface area contributed by atoms with Crippen LogP contribution in [0.5, 0.6) is 0 Å². The van der Waals surface area contributed by atoms with E-state index in [2.05, 4.69) is 4.98 Å². The first-order valence-electron chi connectivity index (χ1n) is 3.80. The van der Waals surface area contributed by atoms with E-state index < -0.39 is 18.4 Å². The summed E-state index contributed by atoms with van der Waals surface area (Å²) in [4.78, 5) is 14.6. The Morgan fingerprint density at radius 1 is 1.53 bits per heavy atom. The lowest BCUT2D eigenvalue weighted by atomic mass is 10.1. The van der Waals surface area contributed by atoms with Crippen molar-refractivity contribution in [3.8, 4) is 0 Å². The van der Waals surface area contributed by atoms with E-state index in [0.717, 1.165) is 12.3 Å². The van der Waals surface area contributed by atoms with E-state index in [1.807, 2.05) is 0 Å². The Kier molecular flexibility index (Phi) is 3.18. The number of rotatable bonds is 2. The molecule has 0 amide bonds. The number of Topliss-reactive ketones (excluding diaryl/α,β-unsaturated/α-hetero) is 1. The molecule has 0 fully saturated rings. The zero-order valence-corrected chi connectivity index (χ0v) is 8.06. The molecule has 0 aliphatic carbocycles. The van der Waals surface area contributed by atoms with Gasteiger partial charge in [-0.2, -0.15) is 13.2 Å². The highest BCUT2D eigenvalue weighted by Gasteiger charge is 2.32. The second kappa shape index (κ2) is 4.06. The maximum Gasteiger partial charge on any atom is 0.396 e. The molecule has 2 N–H and O–H groups in total. The minimum absolute atomic E-state index is 0.0646. The lowest BCUT2D eigenvalue weighted by molar-refractivity contribution is -0.125. The number of aromatic nitrogens is 1. The molecule has 1 rings (SSSR count). The van der Waals surface area contributed by atoms with Gasteiger partial charge in [0.2, 0.25) is 0 Å². The molecule has 1 heterocycles. The van der Waals surface area contributed by atoms with E-state index in [1.54, 1.807) is 0 Å². The molecule has 15 heavy (non-hydrogen) atoms. The van der Waals surface area contributed by atoms with Gasteiger partial charge in [-0.05, 0) is 6.07 Å². The Labute approximate surface area is 88.0 Å². The number of nitrogens with two attached hydrogens (primary N) is 1. The Balaban J connectivity index is 2.96. The highest BCUT2D eigenvalue weighted by atomic mass is 35.5. The second-order valence-corrected chi connectivity index (χ2v) is 3.24. The van der Waals surface area contributed by atoms with Crippen molar-refractivity contribution in [2.24, 2.45) is 0 Å². The number of nitrogens with zero attached hydrogens (tertiary/aromatic N) is 1. The SMILES string of the molecule is Nc1ncc(Cl)cc1C(=O)CC(F)(F)F. The summed E-state index contributed by atoms with van der Waals surface area (Å²) in [6.45, 7) is 0. The average molecular weight is 239 g/mol. The van der Waals surface area contributed by atoms with Crippen molar-refractivity contribution in [3.63, 3.8) is 0 Å². The van der Waals surface area contributed by atoms with Crippen molar-refractivity contribution in [2.75, 3.05) is 5.73 Å². The molecule has 0 saturated heterocycles. The zero-order valence-electron chi connectivity index (χ0n) is 7.31. The molecule has 82 valence electrons. The normalized spacial score (nSPS) is 11.5. The monoisotopic (exact) mass is 238 g/mol. The molecular formula is C8H6ClF3N2O. The topological polar surface area (TPSA) is 56.0 Å². The van der Waals surface area contributed by atoms with E-state index in [1.165, 1.54) is 0 Å². The molecule has 0 atom stereocenters. The number of hydrogen-bond donors (Lipinski definition) is 1. The predicted molar refractivity (Wildman–Crippen MR) is 48.7 cm³/mol. The average Bonchev–Trinajstić information content (AvgIpc) is 2.06. The molecule has 0 saturated carbocycles. The summed E-state index contributed by atoms with van der Waals surface area (Å²) in [5, 5.41) is 0.0646. The summed E-state index contributed by atoms with van der Waals surface area (Å²) in [7, 11) is 0. The number of carbonyl (C=O) groups is 1. The van der Waals surface area contributed by atoms with Crippen molar-refractivity contribution >= 4 is 23.2 Å². The Morgan fingerprint density at radius 3 is 2.67 bits per heavy atom. The Morgan fingerprint density at radius 2 is 2.13 bits per heavy atom.